The highest BCUT2D eigenvalue weighted by Gasteiger charge is 2.23. The minimum Gasteiger partial charge on any atom is -0.480 e. The molecule has 0 saturated carbocycles. The second-order valence-electron chi connectivity index (χ2n) is 5.44. The van der Waals surface area contributed by atoms with Gasteiger partial charge in [-0.2, -0.15) is 0 Å². The normalized spacial score (nSPS) is 12.5. The molecule has 0 aliphatic heterocycles. The van der Waals surface area contributed by atoms with Crippen LogP contribution in [-0.2, 0) is 4.79 Å². The number of aliphatic carboxylic acids is 1. The third-order valence-electron chi connectivity index (χ3n) is 3.79. The van der Waals surface area contributed by atoms with E-state index in [0.29, 0.717) is 11.4 Å². The summed E-state index contributed by atoms with van der Waals surface area (Å²) in [5.74, 6) is -2.77. The maximum Gasteiger partial charge on any atom is 0.326 e. The second kappa shape index (κ2) is 5.46. The van der Waals surface area contributed by atoms with Gasteiger partial charge < -0.3 is 9.67 Å². The van der Waals surface area contributed by atoms with Gasteiger partial charge in [-0.05, 0) is 13.8 Å². The van der Waals surface area contributed by atoms with Crippen LogP contribution in [0.3, 0.4) is 0 Å². The van der Waals surface area contributed by atoms with Crippen LogP contribution in [0.25, 0.3) is 22.4 Å². The summed E-state index contributed by atoms with van der Waals surface area (Å²) >= 11 is 0. The van der Waals surface area contributed by atoms with Crippen LogP contribution in [0.15, 0.2) is 36.4 Å². The van der Waals surface area contributed by atoms with E-state index in [0.717, 1.165) is 17.7 Å². The maximum atomic E-state index is 13.6. The van der Waals surface area contributed by atoms with E-state index in [-0.39, 0.29) is 11.0 Å². The number of aryl methyl sites for hydroxylation is 1. The van der Waals surface area contributed by atoms with Crippen molar-refractivity contribution in [3.8, 4) is 11.4 Å². The van der Waals surface area contributed by atoms with Gasteiger partial charge in [-0.1, -0.05) is 29.8 Å². The standard InChI is InChI=1S/C17H14F2N2O2/c1-9-3-5-11(6-4-9)16-20-14-7-12(18)13(19)8-15(14)21(16)10(2)17(22)23/h3-8,10H,1-2H3,(H,22,23). The van der Waals surface area contributed by atoms with Gasteiger partial charge in [0.2, 0.25) is 0 Å². The number of carboxylic acid groups (broad SMARTS) is 1. The van der Waals surface area contributed by atoms with Gasteiger partial charge in [0.05, 0.1) is 11.0 Å². The predicted octanol–water partition coefficient (Wildman–Crippen LogP) is 3.94. The van der Waals surface area contributed by atoms with Crippen molar-refractivity contribution in [1.82, 2.24) is 9.55 Å². The largest absolute Gasteiger partial charge is 0.480 e. The van der Waals surface area contributed by atoms with Crippen molar-refractivity contribution in [3.63, 3.8) is 0 Å². The molecule has 0 bridgehead atoms. The fourth-order valence-electron chi connectivity index (χ4n) is 2.50. The van der Waals surface area contributed by atoms with E-state index in [9.17, 15) is 18.7 Å². The van der Waals surface area contributed by atoms with Crippen molar-refractivity contribution in [1.29, 1.82) is 0 Å². The Balaban J connectivity index is 2.33. The first-order valence-corrected chi connectivity index (χ1v) is 7.05. The number of imidazole rings is 1. The van der Waals surface area contributed by atoms with E-state index in [1.165, 1.54) is 11.5 Å². The molecular weight excluding hydrogens is 302 g/mol. The molecule has 1 heterocycles. The summed E-state index contributed by atoms with van der Waals surface area (Å²) in [4.78, 5) is 15.7. The molecule has 0 fully saturated rings. The fourth-order valence-corrected chi connectivity index (χ4v) is 2.50. The summed E-state index contributed by atoms with van der Waals surface area (Å²) in [7, 11) is 0. The molecule has 118 valence electrons. The van der Waals surface area contributed by atoms with Crippen LogP contribution in [0, 0.1) is 18.6 Å². The molecule has 0 saturated heterocycles. The zero-order chi connectivity index (χ0) is 16.7. The van der Waals surface area contributed by atoms with Crippen molar-refractivity contribution >= 4 is 17.0 Å². The molecule has 2 aromatic carbocycles. The van der Waals surface area contributed by atoms with E-state index >= 15 is 0 Å². The zero-order valence-electron chi connectivity index (χ0n) is 12.5. The summed E-state index contributed by atoms with van der Waals surface area (Å²) < 4.78 is 28.5. The minimum atomic E-state index is -1.08. The van der Waals surface area contributed by atoms with E-state index in [4.69, 9.17) is 0 Å². The highest BCUT2D eigenvalue weighted by molar-refractivity contribution is 5.84. The molecule has 1 aromatic heterocycles. The van der Waals surface area contributed by atoms with Crippen molar-refractivity contribution in [2.24, 2.45) is 0 Å². The predicted molar refractivity (Wildman–Crippen MR) is 82.2 cm³/mol. The van der Waals surface area contributed by atoms with E-state index in [2.05, 4.69) is 4.98 Å². The first-order chi connectivity index (χ1) is 10.9. The van der Waals surface area contributed by atoms with Crippen LogP contribution in [0.2, 0.25) is 0 Å². The zero-order valence-corrected chi connectivity index (χ0v) is 12.5. The Kier molecular flexibility index (Phi) is 3.60. The molecule has 1 atom stereocenters. The first-order valence-electron chi connectivity index (χ1n) is 7.05. The molecule has 0 amide bonds. The summed E-state index contributed by atoms with van der Waals surface area (Å²) in [6, 6.07) is 8.32. The van der Waals surface area contributed by atoms with Crippen molar-refractivity contribution < 1.29 is 18.7 Å². The Morgan fingerprint density at radius 3 is 2.39 bits per heavy atom. The van der Waals surface area contributed by atoms with Crippen LogP contribution < -0.4 is 0 Å². The summed E-state index contributed by atoms with van der Waals surface area (Å²) in [6.07, 6.45) is 0. The number of fused-ring (bicyclic) bond motifs is 1. The SMILES string of the molecule is Cc1ccc(-c2nc3cc(F)c(F)cc3n2C(C)C(=O)O)cc1. The van der Waals surface area contributed by atoms with Crippen LogP contribution in [0.1, 0.15) is 18.5 Å². The van der Waals surface area contributed by atoms with Crippen LogP contribution >= 0.6 is 0 Å². The molecule has 4 nitrogen and oxygen atoms in total. The molecule has 6 heteroatoms. The van der Waals surface area contributed by atoms with E-state index in [1.807, 2.05) is 19.1 Å². The molecule has 0 radical (unpaired) electrons. The lowest BCUT2D eigenvalue weighted by Gasteiger charge is -2.14. The average molecular weight is 316 g/mol. The molecule has 1 unspecified atom stereocenters. The lowest BCUT2D eigenvalue weighted by molar-refractivity contribution is -0.140. The molecular formula is C17H14F2N2O2. The highest BCUT2D eigenvalue weighted by atomic mass is 19.2. The summed E-state index contributed by atoms with van der Waals surface area (Å²) in [5.41, 5.74) is 2.18. The van der Waals surface area contributed by atoms with Gasteiger partial charge >= 0.3 is 5.97 Å². The molecule has 23 heavy (non-hydrogen) atoms. The Morgan fingerprint density at radius 2 is 1.78 bits per heavy atom. The Hall–Kier alpha value is -2.76. The van der Waals surface area contributed by atoms with Gasteiger partial charge in [0, 0.05) is 17.7 Å². The van der Waals surface area contributed by atoms with E-state index in [1.54, 1.807) is 12.1 Å². The van der Waals surface area contributed by atoms with Gasteiger partial charge in [-0.3, -0.25) is 0 Å². The second-order valence-corrected chi connectivity index (χ2v) is 5.44. The number of carbonyl (C=O) groups is 1. The van der Waals surface area contributed by atoms with Crippen LogP contribution in [-0.4, -0.2) is 20.6 Å². The number of halogens is 2. The van der Waals surface area contributed by atoms with Gasteiger partial charge in [-0.15, -0.1) is 0 Å². The Labute approximate surface area is 131 Å². The smallest absolute Gasteiger partial charge is 0.326 e. The van der Waals surface area contributed by atoms with Crippen molar-refractivity contribution in [3.05, 3.63) is 53.6 Å². The maximum absolute atomic E-state index is 13.6. The third kappa shape index (κ3) is 2.56. The lowest BCUT2D eigenvalue weighted by Crippen LogP contribution is -2.16. The number of rotatable bonds is 3. The Morgan fingerprint density at radius 1 is 1.17 bits per heavy atom. The molecule has 3 aromatic rings. The fraction of sp³-hybridized carbons (Fsp3) is 0.176. The quantitative estimate of drug-likeness (QED) is 0.796. The molecule has 0 spiro atoms. The third-order valence-corrected chi connectivity index (χ3v) is 3.79. The van der Waals surface area contributed by atoms with Gasteiger partial charge in [0.15, 0.2) is 11.6 Å². The van der Waals surface area contributed by atoms with Crippen LogP contribution in [0.5, 0.6) is 0 Å². The lowest BCUT2D eigenvalue weighted by atomic mass is 10.1. The van der Waals surface area contributed by atoms with E-state index < -0.39 is 23.6 Å². The van der Waals surface area contributed by atoms with Gasteiger partial charge in [-0.25, -0.2) is 18.6 Å². The Bertz CT molecular complexity index is 901. The minimum absolute atomic E-state index is 0.215. The number of hydrogen-bond acceptors (Lipinski definition) is 2. The number of nitrogens with zero attached hydrogens (tertiary/aromatic N) is 2. The topological polar surface area (TPSA) is 55.1 Å². The number of hydrogen-bond donors (Lipinski definition) is 1. The summed E-state index contributed by atoms with van der Waals surface area (Å²) in [5, 5.41) is 9.34. The molecule has 1 N–H and O–H groups in total. The number of carboxylic acids is 1. The van der Waals surface area contributed by atoms with Gasteiger partial charge in [0.25, 0.3) is 0 Å². The number of aromatic nitrogens is 2. The van der Waals surface area contributed by atoms with Gasteiger partial charge in [0.1, 0.15) is 11.9 Å². The summed E-state index contributed by atoms with van der Waals surface area (Å²) in [6.45, 7) is 3.40. The molecule has 3 rings (SSSR count). The first kappa shape index (κ1) is 15.1. The van der Waals surface area contributed by atoms with Crippen LogP contribution in [0.4, 0.5) is 8.78 Å². The van der Waals surface area contributed by atoms with Crippen molar-refractivity contribution in [2.75, 3.05) is 0 Å². The average Bonchev–Trinajstić information content (AvgIpc) is 2.86. The highest BCUT2D eigenvalue weighted by Crippen LogP contribution is 2.30. The van der Waals surface area contributed by atoms with Crippen molar-refractivity contribution in [2.45, 2.75) is 19.9 Å². The number of benzene rings is 2. The monoisotopic (exact) mass is 316 g/mol. The molecule has 0 aliphatic carbocycles. The molecule has 0 aliphatic rings.